The van der Waals surface area contributed by atoms with Crippen LogP contribution in [-0.4, -0.2) is 53.6 Å². The Morgan fingerprint density at radius 1 is 0.860 bits per heavy atom. The predicted molar refractivity (Wildman–Crippen MR) is 195 cm³/mol. The molecule has 0 aliphatic heterocycles. The third kappa shape index (κ3) is 4.43. The number of hydrogen-bond donors (Lipinski definition) is 3. The summed E-state index contributed by atoms with van der Waals surface area (Å²) in [5.74, 6) is 1.60. The molecule has 6 aliphatic rings. The van der Waals surface area contributed by atoms with Gasteiger partial charge < -0.3 is 10.2 Å². The summed E-state index contributed by atoms with van der Waals surface area (Å²) < 4.78 is 0. The van der Waals surface area contributed by atoms with E-state index in [0.29, 0.717) is 35.1 Å². The molecule has 7 nitrogen and oxygen atoms in total. The lowest BCUT2D eigenvalue weighted by Gasteiger charge is -2.71. The number of aromatic nitrogens is 4. The topological polar surface area (TPSA) is 112 Å². The van der Waals surface area contributed by atoms with Crippen LogP contribution in [0, 0.1) is 33.5 Å². The molecule has 0 radical (unpaired) electrons. The molecule has 2 aromatic carbocycles. The van der Waals surface area contributed by atoms with Crippen LogP contribution in [0.15, 0.2) is 108 Å². The Hall–Kier alpha value is -3.85. The van der Waals surface area contributed by atoms with Crippen LogP contribution in [0.25, 0.3) is 22.5 Å². The van der Waals surface area contributed by atoms with E-state index in [9.17, 15) is 15.0 Å². The number of Topliss-reactive ketones (excluding diaryl/α,β-unsaturated/α-hetero) is 1. The van der Waals surface area contributed by atoms with Gasteiger partial charge in [-0.3, -0.25) is 14.9 Å². The number of rotatable bonds is 7. The maximum absolute atomic E-state index is 15.0. The highest BCUT2D eigenvalue weighted by molar-refractivity contribution is 7.99. The molecule has 0 amide bonds. The summed E-state index contributed by atoms with van der Waals surface area (Å²) in [6, 6.07) is 22.1. The second-order valence-electron chi connectivity index (χ2n) is 16.1. The van der Waals surface area contributed by atoms with E-state index in [2.05, 4.69) is 71.5 Å². The van der Waals surface area contributed by atoms with Crippen molar-refractivity contribution in [1.82, 2.24) is 20.2 Å². The van der Waals surface area contributed by atoms with E-state index in [0.717, 1.165) is 54.4 Å². The number of aromatic amines is 1. The molecule has 3 fully saturated rings. The van der Waals surface area contributed by atoms with Gasteiger partial charge in [-0.05, 0) is 85.5 Å². The summed E-state index contributed by atoms with van der Waals surface area (Å²) in [6.45, 7) is 4.71. The molecule has 8 atom stereocenters. The van der Waals surface area contributed by atoms with Gasteiger partial charge in [0, 0.05) is 51.1 Å². The van der Waals surface area contributed by atoms with Gasteiger partial charge >= 0.3 is 0 Å². The maximum Gasteiger partial charge on any atom is 0.208 e. The first-order chi connectivity index (χ1) is 24.1. The molecule has 50 heavy (non-hydrogen) atoms. The Bertz CT molecular complexity index is 2010. The first-order valence-corrected chi connectivity index (χ1v) is 19.1. The monoisotopic (exact) mass is 684 g/mol. The van der Waals surface area contributed by atoms with Crippen LogP contribution < -0.4 is 0 Å². The van der Waals surface area contributed by atoms with Crippen LogP contribution in [0.1, 0.15) is 69.2 Å². The average Bonchev–Trinajstić information content (AvgIpc) is 3.73. The van der Waals surface area contributed by atoms with Crippen molar-refractivity contribution in [1.29, 1.82) is 0 Å². The van der Waals surface area contributed by atoms with Gasteiger partial charge in [0.15, 0.2) is 11.6 Å². The molecule has 0 saturated heterocycles. The fraction of sp³-hybridized carbons (Fsp3) is 0.429. The Morgan fingerprint density at radius 3 is 2.34 bits per heavy atom. The van der Waals surface area contributed by atoms with Crippen LogP contribution >= 0.6 is 11.8 Å². The van der Waals surface area contributed by atoms with Crippen molar-refractivity contribution < 1.29 is 15.0 Å². The summed E-state index contributed by atoms with van der Waals surface area (Å²) in [5, 5.41) is 31.9. The van der Waals surface area contributed by atoms with E-state index in [1.54, 1.807) is 12.4 Å². The summed E-state index contributed by atoms with van der Waals surface area (Å²) in [4.78, 5) is 23.8. The largest absolute Gasteiger partial charge is 0.393 e. The molecular weight excluding hydrogens is 641 g/mol. The smallest absolute Gasteiger partial charge is 0.208 e. The minimum absolute atomic E-state index is 0.0684. The summed E-state index contributed by atoms with van der Waals surface area (Å²) in [5.41, 5.74) is 2.43. The second-order valence-corrected chi connectivity index (χ2v) is 17.0. The Morgan fingerprint density at radius 2 is 1.56 bits per heavy atom. The zero-order valence-corrected chi connectivity index (χ0v) is 29.5. The summed E-state index contributed by atoms with van der Waals surface area (Å²) in [7, 11) is 0. The lowest BCUT2D eigenvalue weighted by Crippen LogP contribution is -2.67. The molecule has 3 saturated carbocycles. The Balaban J connectivity index is 1.08. The van der Waals surface area contributed by atoms with Crippen molar-refractivity contribution in [2.75, 3.05) is 5.75 Å². The first kappa shape index (κ1) is 32.1. The van der Waals surface area contributed by atoms with E-state index >= 15 is 0 Å². The normalized spacial score (nSPS) is 36.7. The molecule has 10 rings (SSSR count). The second kappa shape index (κ2) is 11.3. The number of benzene rings is 2. The van der Waals surface area contributed by atoms with Gasteiger partial charge in [-0.25, -0.2) is 4.98 Å². The number of H-pyrrole nitrogens is 1. The van der Waals surface area contributed by atoms with Crippen LogP contribution in [0.5, 0.6) is 0 Å². The number of carbonyl (C=O) groups is 1. The SMILES string of the molecule is CC12CCC(O)CC13C=CC1(C(C(=O)c4ccc(-c5ccccc5)cc4)=C3)C2CCC2(C)C1CCC2(O)CSc1n[nH]c(-c2ccncc2)n1. The van der Waals surface area contributed by atoms with Crippen molar-refractivity contribution in [2.45, 2.75) is 75.7 Å². The zero-order chi connectivity index (χ0) is 34.4. The summed E-state index contributed by atoms with van der Waals surface area (Å²) in [6.07, 6.45) is 15.9. The molecule has 2 heterocycles. The van der Waals surface area contributed by atoms with Crippen molar-refractivity contribution in [3.05, 3.63) is 108 Å². The van der Waals surface area contributed by atoms with E-state index in [-0.39, 0.29) is 34.6 Å². The minimum atomic E-state index is -0.950. The van der Waals surface area contributed by atoms with Gasteiger partial charge in [-0.15, -0.1) is 5.10 Å². The maximum atomic E-state index is 15.0. The fourth-order valence-corrected chi connectivity index (χ4v) is 12.4. The minimum Gasteiger partial charge on any atom is -0.393 e. The number of pyridine rings is 1. The zero-order valence-electron chi connectivity index (χ0n) is 28.7. The number of nitrogens with zero attached hydrogens (tertiary/aromatic N) is 3. The van der Waals surface area contributed by atoms with Gasteiger partial charge in [0.2, 0.25) is 5.16 Å². The highest BCUT2D eigenvalue weighted by Gasteiger charge is 2.74. The van der Waals surface area contributed by atoms with Crippen molar-refractivity contribution >= 4 is 17.5 Å². The van der Waals surface area contributed by atoms with Crippen LogP contribution in [-0.2, 0) is 0 Å². The van der Waals surface area contributed by atoms with Crippen molar-refractivity contribution in [2.24, 2.45) is 33.5 Å². The van der Waals surface area contributed by atoms with E-state index < -0.39 is 16.4 Å². The standard InChI is InChI=1S/C42H44N4O3S/c1-38-17-12-31(47)24-40(38)20-21-42(32(25-40)35(48)29-10-8-28(9-11-29)27-6-4-3-5-7-27)33(38)13-18-39(2)34(42)14-19-41(39,49)26-50-37-44-36(45-46-37)30-15-22-43-23-16-30/h3-11,15-16,20-23,25,31,33-34,47,49H,12-14,17-19,24,26H2,1-2H3,(H,44,45,46). The molecule has 256 valence electrons. The predicted octanol–water partition coefficient (Wildman–Crippen LogP) is 8.10. The average molecular weight is 685 g/mol. The lowest BCUT2D eigenvalue weighted by atomic mass is 9.32. The van der Waals surface area contributed by atoms with Gasteiger partial charge in [-0.2, -0.15) is 0 Å². The summed E-state index contributed by atoms with van der Waals surface area (Å²) >= 11 is 1.51. The number of nitrogens with one attached hydrogen (secondary N) is 1. The number of ketones is 1. The molecule has 2 spiro atoms. The number of hydrogen-bond acceptors (Lipinski definition) is 7. The molecule has 4 aromatic rings. The highest BCUT2D eigenvalue weighted by atomic mass is 32.2. The van der Waals surface area contributed by atoms with Crippen molar-refractivity contribution in [3.63, 3.8) is 0 Å². The van der Waals surface area contributed by atoms with Gasteiger partial charge in [-0.1, -0.05) is 98.4 Å². The van der Waals surface area contributed by atoms with E-state index in [1.807, 2.05) is 42.5 Å². The van der Waals surface area contributed by atoms with Gasteiger partial charge in [0.05, 0.1) is 11.7 Å². The third-order valence-electron chi connectivity index (χ3n) is 14.1. The molecule has 2 bridgehead atoms. The Labute approximate surface area is 297 Å². The quantitative estimate of drug-likeness (QED) is 0.102. The molecule has 6 aliphatic carbocycles. The van der Waals surface area contributed by atoms with E-state index in [4.69, 9.17) is 4.98 Å². The third-order valence-corrected chi connectivity index (χ3v) is 15.1. The van der Waals surface area contributed by atoms with Crippen molar-refractivity contribution in [3.8, 4) is 22.5 Å². The molecule has 8 heteroatoms. The van der Waals surface area contributed by atoms with Gasteiger partial charge in [0.25, 0.3) is 0 Å². The molecule has 8 unspecified atom stereocenters. The molecule has 2 aromatic heterocycles. The number of allylic oxidation sites excluding steroid dienone is 4. The molecule has 3 N–H and O–H groups in total. The Kier molecular flexibility index (Phi) is 7.27. The van der Waals surface area contributed by atoms with Crippen LogP contribution in [0.3, 0.4) is 0 Å². The van der Waals surface area contributed by atoms with E-state index in [1.165, 1.54) is 11.8 Å². The number of fused-ring (bicyclic) bond motifs is 1. The number of aliphatic hydroxyl groups is 2. The number of thioether (sulfide) groups is 1. The number of aliphatic hydroxyl groups excluding tert-OH is 1. The highest BCUT2D eigenvalue weighted by Crippen LogP contribution is 2.78. The van der Waals surface area contributed by atoms with Gasteiger partial charge in [0.1, 0.15) is 0 Å². The van der Waals surface area contributed by atoms with Crippen LogP contribution in [0.4, 0.5) is 0 Å². The lowest BCUT2D eigenvalue weighted by molar-refractivity contribution is -0.166. The number of carbonyl (C=O) groups excluding carboxylic acids is 1. The molecular formula is C42H44N4O3S. The first-order valence-electron chi connectivity index (χ1n) is 18.1. The fourth-order valence-electron chi connectivity index (χ4n) is 11.3. The van der Waals surface area contributed by atoms with Crippen LogP contribution in [0.2, 0.25) is 0 Å².